The van der Waals surface area contributed by atoms with Crippen LogP contribution in [0.5, 0.6) is 0 Å². The van der Waals surface area contributed by atoms with Gasteiger partial charge in [0.25, 0.3) is 0 Å². The van der Waals surface area contributed by atoms with Gasteiger partial charge in [-0.1, -0.05) is 41.0 Å². The van der Waals surface area contributed by atoms with Gasteiger partial charge in [-0.05, 0) is 37.5 Å². The van der Waals surface area contributed by atoms with E-state index in [0.717, 1.165) is 19.3 Å². The molecule has 0 radical (unpaired) electrons. The van der Waals surface area contributed by atoms with Crippen molar-refractivity contribution in [3.05, 3.63) is 0 Å². The Labute approximate surface area is 125 Å². The third kappa shape index (κ3) is 6.11. The lowest BCUT2D eigenvalue weighted by Crippen LogP contribution is -2.36. The largest absolute Gasteiger partial charge is 0.393 e. The van der Waals surface area contributed by atoms with Gasteiger partial charge in [0, 0.05) is 13.0 Å². The summed E-state index contributed by atoms with van der Waals surface area (Å²) in [6.45, 7) is 12.4. The van der Waals surface area contributed by atoms with Gasteiger partial charge in [-0.25, -0.2) is 0 Å². The van der Waals surface area contributed by atoms with E-state index in [2.05, 4.69) is 27.7 Å². The second-order valence-corrected chi connectivity index (χ2v) is 6.74. The lowest BCUT2D eigenvalue weighted by atomic mass is 9.80. The predicted octanol–water partition coefficient (Wildman–Crippen LogP) is 3.48. The summed E-state index contributed by atoms with van der Waals surface area (Å²) in [5.74, 6) is 0.814. The first kappa shape index (κ1) is 19.9. The Morgan fingerprint density at radius 1 is 0.850 bits per heavy atom. The van der Waals surface area contributed by atoms with Gasteiger partial charge in [-0.2, -0.15) is 0 Å². The van der Waals surface area contributed by atoms with Crippen molar-refractivity contribution in [3.8, 4) is 0 Å². The maximum Gasteiger partial charge on any atom is 0.0616 e. The molecule has 0 saturated heterocycles. The fourth-order valence-corrected chi connectivity index (χ4v) is 3.06. The van der Waals surface area contributed by atoms with Crippen LogP contribution in [-0.4, -0.2) is 35.6 Å². The highest BCUT2D eigenvalue weighted by molar-refractivity contribution is 4.79. The Kier molecular flexibility index (Phi) is 9.69. The van der Waals surface area contributed by atoms with Crippen LogP contribution in [0.4, 0.5) is 0 Å². The maximum absolute atomic E-state index is 10.4. The first-order chi connectivity index (χ1) is 9.26. The molecule has 0 aromatic heterocycles. The molecule has 0 aliphatic rings. The van der Waals surface area contributed by atoms with Crippen LogP contribution >= 0.6 is 0 Å². The van der Waals surface area contributed by atoms with Gasteiger partial charge < -0.3 is 14.9 Å². The van der Waals surface area contributed by atoms with Gasteiger partial charge in [-0.15, -0.1) is 0 Å². The molecular formula is C17H36O3. The van der Waals surface area contributed by atoms with Crippen LogP contribution < -0.4 is 0 Å². The van der Waals surface area contributed by atoms with E-state index < -0.39 is 0 Å². The van der Waals surface area contributed by atoms with Gasteiger partial charge in [0.15, 0.2) is 0 Å². The average Bonchev–Trinajstić information content (AvgIpc) is 2.43. The summed E-state index contributed by atoms with van der Waals surface area (Å²) in [5, 5.41) is 20.7. The molecule has 0 saturated carbocycles. The minimum Gasteiger partial charge on any atom is -0.393 e. The zero-order valence-corrected chi connectivity index (χ0v) is 14.5. The van der Waals surface area contributed by atoms with Crippen molar-refractivity contribution in [2.45, 2.75) is 79.1 Å². The van der Waals surface area contributed by atoms with Crippen molar-refractivity contribution >= 4 is 0 Å². The number of aliphatic hydroxyl groups excluding tert-OH is 2. The molecule has 3 heteroatoms. The van der Waals surface area contributed by atoms with Crippen molar-refractivity contribution in [1.29, 1.82) is 0 Å². The molecule has 122 valence electrons. The van der Waals surface area contributed by atoms with Crippen LogP contribution in [0.2, 0.25) is 0 Å². The molecule has 0 heterocycles. The Hall–Kier alpha value is -0.120. The minimum atomic E-state index is -0.388. The number of ether oxygens (including phenoxy) is 1. The molecule has 0 amide bonds. The Bertz CT molecular complexity index is 244. The lowest BCUT2D eigenvalue weighted by molar-refractivity contribution is -0.0306. The third-order valence-corrected chi connectivity index (χ3v) is 4.89. The maximum atomic E-state index is 10.4. The second-order valence-electron chi connectivity index (χ2n) is 6.74. The first-order valence-electron chi connectivity index (χ1n) is 8.15. The monoisotopic (exact) mass is 288 g/mol. The van der Waals surface area contributed by atoms with E-state index in [4.69, 9.17) is 4.74 Å². The van der Waals surface area contributed by atoms with Crippen molar-refractivity contribution in [1.82, 2.24) is 0 Å². The first-order valence-corrected chi connectivity index (χ1v) is 8.15. The fourth-order valence-electron chi connectivity index (χ4n) is 3.06. The Balaban J connectivity index is 4.40. The molecule has 0 aliphatic carbocycles. The van der Waals surface area contributed by atoms with Gasteiger partial charge in [0.1, 0.15) is 0 Å². The summed E-state index contributed by atoms with van der Waals surface area (Å²) in [6, 6.07) is 0. The molecule has 0 aromatic rings. The van der Waals surface area contributed by atoms with E-state index in [1.165, 1.54) is 0 Å². The molecule has 2 N–H and O–H groups in total. The van der Waals surface area contributed by atoms with Crippen LogP contribution in [-0.2, 0) is 4.74 Å². The van der Waals surface area contributed by atoms with Crippen molar-refractivity contribution in [2.75, 3.05) is 7.11 Å². The van der Waals surface area contributed by atoms with E-state index in [1.54, 1.807) is 7.11 Å². The summed E-state index contributed by atoms with van der Waals surface area (Å²) in [5.41, 5.74) is 0. The number of rotatable bonds is 10. The van der Waals surface area contributed by atoms with Crippen LogP contribution in [0.3, 0.4) is 0 Å². The van der Waals surface area contributed by atoms with Gasteiger partial charge in [-0.3, -0.25) is 0 Å². The van der Waals surface area contributed by atoms with E-state index in [9.17, 15) is 10.2 Å². The molecule has 20 heavy (non-hydrogen) atoms. The van der Waals surface area contributed by atoms with Gasteiger partial charge >= 0.3 is 0 Å². The summed E-state index contributed by atoms with van der Waals surface area (Å²) in [7, 11) is 1.68. The number of hydrogen-bond donors (Lipinski definition) is 2. The van der Waals surface area contributed by atoms with Gasteiger partial charge in [0.05, 0.1) is 18.3 Å². The molecule has 7 atom stereocenters. The Morgan fingerprint density at radius 2 is 1.35 bits per heavy atom. The molecule has 3 nitrogen and oxygen atoms in total. The average molecular weight is 288 g/mol. The van der Waals surface area contributed by atoms with Crippen LogP contribution in [0, 0.1) is 23.7 Å². The zero-order chi connectivity index (χ0) is 15.9. The van der Waals surface area contributed by atoms with Gasteiger partial charge in [0.2, 0.25) is 0 Å². The van der Waals surface area contributed by atoms with Crippen LogP contribution in [0.25, 0.3) is 0 Å². The highest BCUT2D eigenvalue weighted by Gasteiger charge is 2.29. The van der Waals surface area contributed by atoms with Crippen molar-refractivity contribution < 1.29 is 14.9 Å². The van der Waals surface area contributed by atoms with Crippen molar-refractivity contribution in [2.24, 2.45) is 23.7 Å². The highest BCUT2D eigenvalue weighted by Crippen LogP contribution is 2.27. The number of aliphatic hydroxyl groups is 2. The molecule has 0 fully saturated rings. The topological polar surface area (TPSA) is 49.7 Å². The fraction of sp³-hybridized carbons (Fsp3) is 1.00. The highest BCUT2D eigenvalue weighted by atomic mass is 16.5. The standard InChI is InChI=1S/C17H36O3/c1-8-9-11(2)16(18)12(3)10-13(4)17(19)14(5)15(6)20-7/h11-19H,8-10H2,1-7H3. The molecule has 0 spiro atoms. The summed E-state index contributed by atoms with van der Waals surface area (Å²) >= 11 is 0. The third-order valence-electron chi connectivity index (χ3n) is 4.89. The minimum absolute atomic E-state index is 0.0479. The number of methoxy groups -OCH3 is 1. The molecule has 0 aliphatic heterocycles. The predicted molar refractivity (Wildman–Crippen MR) is 84.7 cm³/mol. The SMILES string of the molecule is CCCC(C)C(O)C(C)CC(C)C(O)C(C)C(C)OC. The zero-order valence-electron chi connectivity index (χ0n) is 14.5. The molecule has 0 aromatic carbocycles. The molecular weight excluding hydrogens is 252 g/mol. The van der Waals surface area contributed by atoms with E-state index in [0.29, 0.717) is 5.92 Å². The lowest BCUT2D eigenvalue weighted by Gasteiger charge is -2.32. The van der Waals surface area contributed by atoms with Crippen LogP contribution in [0.1, 0.15) is 60.8 Å². The summed E-state index contributed by atoms with van der Waals surface area (Å²) in [6.07, 6.45) is 2.38. The Morgan fingerprint density at radius 3 is 1.80 bits per heavy atom. The van der Waals surface area contributed by atoms with Crippen molar-refractivity contribution in [3.63, 3.8) is 0 Å². The summed E-state index contributed by atoms with van der Waals surface area (Å²) < 4.78 is 5.30. The quantitative estimate of drug-likeness (QED) is 0.647. The smallest absolute Gasteiger partial charge is 0.0616 e. The summed E-state index contributed by atoms with van der Waals surface area (Å²) in [4.78, 5) is 0. The van der Waals surface area contributed by atoms with Crippen LogP contribution in [0.15, 0.2) is 0 Å². The number of hydrogen-bond acceptors (Lipinski definition) is 3. The van der Waals surface area contributed by atoms with E-state index in [-0.39, 0.29) is 36.1 Å². The van der Waals surface area contributed by atoms with E-state index in [1.807, 2.05) is 13.8 Å². The molecule has 0 rings (SSSR count). The van der Waals surface area contributed by atoms with E-state index >= 15 is 0 Å². The normalized spacial score (nSPS) is 22.6. The molecule has 7 unspecified atom stereocenters. The molecule has 0 bridgehead atoms. The second kappa shape index (κ2) is 9.75.